The fraction of sp³-hybridized carbons (Fsp3) is 0.800. The first-order chi connectivity index (χ1) is 7.99. The number of hydrogen-bond acceptors (Lipinski definition) is 5. The Hall–Kier alpha value is -0.950. The van der Waals surface area contributed by atoms with Gasteiger partial charge in [0, 0.05) is 12.8 Å². The van der Waals surface area contributed by atoms with Crippen molar-refractivity contribution in [2.45, 2.75) is 45.4 Å². The number of carbonyl (C=O) groups is 2. The second-order valence-electron chi connectivity index (χ2n) is 3.89. The zero-order valence-electron chi connectivity index (χ0n) is 9.85. The van der Waals surface area contributed by atoms with Gasteiger partial charge in [0.15, 0.2) is 0 Å². The second kappa shape index (κ2) is 6.11. The predicted molar refractivity (Wildman–Crippen MR) is 60.1 cm³/mol. The number of carbonyl (C=O) groups excluding carboxylic acids is 2. The van der Waals surface area contributed by atoms with Crippen LogP contribution in [0.5, 0.6) is 0 Å². The van der Waals surface area contributed by atoms with Crippen molar-refractivity contribution in [2.75, 3.05) is 6.61 Å². The van der Waals surface area contributed by atoms with Gasteiger partial charge >= 0.3 is 10.3 Å². The molecule has 0 bridgehead atoms. The molecule has 1 saturated heterocycles. The normalized spacial score (nSPS) is 16.9. The molecule has 6 nitrogen and oxygen atoms in total. The minimum absolute atomic E-state index is 0.0133. The zero-order chi connectivity index (χ0) is 12.9. The van der Waals surface area contributed by atoms with Crippen molar-refractivity contribution in [3.05, 3.63) is 0 Å². The Labute approximate surface area is 101 Å². The van der Waals surface area contributed by atoms with Crippen molar-refractivity contribution in [1.29, 1.82) is 0 Å². The molecular formula is C10H17NO5S. The molecular weight excluding hydrogens is 246 g/mol. The molecule has 1 heterocycles. The lowest BCUT2D eigenvalue weighted by atomic mass is 10.2. The summed E-state index contributed by atoms with van der Waals surface area (Å²) in [6.45, 7) is 2.05. The molecule has 1 aliphatic heterocycles. The van der Waals surface area contributed by atoms with Crippen LogP contribution >= 0.6 is 0 Å². The molecule has 0 aliphatic carbocycles. The van der Waals surface area contributed by atoms with E-state index in [2.05, 4.69) is 4.18 Å². The summed E-state index contributed by atoms with van der Waals surface area (Å²) in [6, 6.07) is 0. The van der Waals surface area contributed by atoms with Gasteiger partial charge in [0.1, 0.15) is 0 Å². The lowest BCUT2D eigenvalue weighted by Crippen LogP contribution is -2.36. The van der Waals surface area contributed by atoms with Crippen molar-refractivity contribution >= 4 is 22.1 Å². The van der Waals surface area contributed by atoms with Crippen molar-refractivity contribution in [1.82, 2.24) is 4.31 Å². The van der Waals surface area contributed by atoms with E-state index < -0.39 is 22.1 Å². The van der Waals surface area contributed by atoms with E-state index >= 15 is 0 Å². The quantitative estimate of drug-likeness (QED) is 0.505. The highest BCUT2D eigenvalue weighted by Gasteiger charge is 2.39. The molecule has 98 valence electrons. The van der Waals surface area contributed by atoms with Gasteiger partial charge in [0.05, 0.1) is 6.61 Å². The lowest BCUT2D eigenvalue weighted by molar-refractivity contribution is -0.132. The first-order valence-electron chi connectivity index (χ1n) is 5.74. The SMILES string of the molecule is CCCCCCOS(=O)(=O)N1C(=O)CCC1=O. The van der Waals surface area contributed by atoms with Gasteiger partial charge in [-0.15, -0.1) is 0 Å². The van der Waals surface area contributed by atoms with E-state index in [1.807, 2.05) is 6.92 Å². The fourth-order valence-corrected chi connectivity index (χ4v) is 2.67. The van der Waals surface area contributed by atoms with Gasteiger partial charge in [-0.2, -0.15) is 12.7 Å². The van der Waals surface area contributed by atoms with Gasteiger partial charge in [0.2, 0.25) is 11.8 Å². The predicted octanol–water partition coefficient (Wildman–Crippen LogP) is 0.977. The molecule has 0 aromatic heterocycles. The molecule has 0 unspecified atom stereocenters. The topological polar surface area (TPSA) is 80.8 Å². The largest absolute Gasteiger partial charge is 0.371 e. The molecule has 7 heteroatoms. The van der Waals surface area contributed by atoms with Gasteiger partial charge < -0.3 is 0 Å². The Balaban J connectivity index is 2.45. The third-order valence-corrected chi connectivity index (χ3v) is 3.78. The minimum atomic E-state index is -4.21. The third kappa shape index (κ3) is 3.78. The summed E-state index contributed by atoms with van der Waals surface area (Å²) >= 11 is 0. The number of imide groups is 1. The average Bonchev–Trinajstić information content (AvgIpc) is 2.58. The maximum atomic E-state index is 11.5. The smallest absolute Gasteiger partial charge is 0.273 e. The van der Waals surface area contributed by atoms with Crippen LogP contribution in [-0.2, 0) is 24.1 Å². The Morgan fingerprint density at radius 1 is 1.12 bits per heavy atom. The highest BCUT2D eigenvalue weighted by atomic mass is 32.2. The first-order valence-corrected chi connectivity index (χ1v) is 7.11. The number of amides is 2. The monoisotopic (exact) mass is 263 g/mol. The van der Waals surface area contributed by atoms with E-state index in [-0.39, 0.29) is 23.8 Å². The molecule has 0 N–H and O–H groups in total. The second-order valence-corrected chi connectivity index (χ2v) is 5.35. The number of hydrogen-bond donors (Lipinski definition) is 0. The summed E-state index contributed by atoms with van der Waals surface area (Å²) in [4.78, 5) is 22.4. The molecule has 1 fully saturated rings. The lowest BCUT2D eigenvalue weighted by Gasteiger charge is -2.13. The van der Waals surface area contributed by atoms with Crippen LogP contribution in [0, 0.1) is 0 Å². The molecule has 0 saturated carbocycles. The summed E-state index contributed by atoms with van der Waals surface area (Å²) in [5, 5.41) is 0. The Morgan fingerprint density at radius 2 is 1.71 bits per heavy atom. The number of rotatable bonds is 7. The zero-order valence-corrected chi connectivity index (χ0v) is 10.7. The Morgan fingerprint density at radius 3 is 2.24 bits per heavy atom. The first kappa shape index (κ1) is 14.1. The number of unbranched alkanes of at least 4 members (excludes halogenated alkanes) is 3. The molecule has 0 spiro atoms. The maximum Gasteiger partial charge on any atom is 0.371 e. The van der Waals surface area contributed by atoms with Gasteiger partial charge in [-0.05, 0) is 6.42 Å². The molecule has 2 amide bonds. The van der Waals surface area contributed by atoms with Gasteiger partial charge in [-0.25, -0.2) is 0 Å². The van der Waals surface area contributed by atoms with Crippen molar-refractivity contribution in [2.24, 2.45) is 0 Å². The van der Waals surface area contributed by atoms with Crippen LogP contribution in [0.15, 0.2) is 0 Å². The average molecular weight is 263 g/mol. The summed E-state index contributed by atoms with van der Waals surface area (Å²) in [7, 11) is -4.21. The molecule has 0 atom stereocenters. The molecule has 1 aliphatic rings. The molecule has 0 radical (unpaired) electrons. The van der Waals surface area contributed by atoms with E-state index in [4.69, 9.17) is 0 Å². The molecule has 17 heavy (non-hydrogen) atoms. The van der Waals surface area contributed by atoms with Gasteiger partial charge in [-0.1, -0.05) is 26.2 Å². The molecule has 1 rings (SSSR count). The highest BCUT2D eigenvalue weighted by Crippen LogP contribution is 2.17. The van der Waals surface area contributed by atoms with Crippen molar-refractivity contribution in [3.8, 4) is 0 Å². The van der Waals surface area contributed by atoms with Crippen LogP contribution in [-0.4, -0.2) is 31.1 Å². The minimum Gasteiger partial charge on any atom is -0.273 e. The van der Waals surface area contributed by atoms with Crippen LogP contribution in [0.25, 0.3) is 0 Å². The maximum absolute atomic E-state index is 11.5. The highest BCUT2D eigenvalue weighted by molar-refractivity contribution is 7.85. The van der Waals surface area contributed by atoms with Crippen LogP contribution < -0.4 is 0 Å². The van der Waals surface area contributed by atoms with Crippen molar-refractivity contribution in [3.63, 3.8) is 0 Å². The van der Waals surface area contributed by atoms with Crippen LogP contribution in [0.1, 0.15) is 45.4 Å². The van der Waals surface area contributed by atoms with E-state index in [0.29, 0.717) is 6.42 Å². The summed E-state index contributed by atoms with van der Waals surface area (Å²) in [5.41, 5.74) is 0. The molecule has 0 aromatic rings. The summed E-state index contributed by atoms with van der Waals surface area (Å²) < 4.78 is 28.0. The van der Waals surface area contributed by atoms with Gasteiger partial charge in [0.25, 0.3) is 0 Å². The Bertz CT molecular complexity index is 374. The summed E-state index contributed by atoms with van der Waals surface area (Å²) in [6.07, 6.45) is 3.40. The number of nitrogens with zero attached hydrogens (tertiary/aromatic N) is 1. The molecule has 0 aromatic carbocycles. The van der Waals surface area contributed by atoms with E-state index in [9.17, 15) is 18.0 Å². The van der Waals surface area contributed by atoms with E-state index in [1.54, 1.807) is 0 Å². The fourth-order valence-electron chi connectivity index (χ4n) is 1.55. The van der Waals surface area contributed by atoms with E-state index in [0.717, 1.165) is 19.3 Å². The van der Waals surface area contributed by atoms with Crippen LogP contribution in [0.3, 0.4) is 0 Å². The van der Waals surface area contributed by atoms with Crippen LogP contribution in [0.4, 0.5) is 0 Å². The van der Waals surface area contributed by atoms with E-state index in [1.165, 1.54) is 0 Å². The summed E-state index contributed by atoms with van der Waals surface area (Å²) in [5.74, 6) is -1.41. The third-order valence-electron chi connectivity index (χ3n) is 2.46. The standard InChI is InChI=1S/C10H17NO5S/c1-2-3-4-5-8-16-17(14,15)11-9(12)6-7-10(11)13/h2-8H2,1H3. The van der Waals surface area contributed by atoms with Crippen LogP contribution in [0.2, 0.25) is 0 Å². The van der Waals surface area contributed by atoms with Gasteiger partial charge in [-0.3, -0.25) is 13.8 Å². The van der Waals surface area contributed by atoms with Crippen molar-refractivity contribution < 1.29 is 22.2 Å². The Kier molecular flexibility index (Phi) is 5.07.